The smallest absolute Gasteiger partial charge is 0.475 e. The standard InChI is InChI=1S/C20H23BN2O8/c24-8-7-22-11-13-3-1-5-15(9-13)19(26)23-17(21(29)30)10-14-4-2-6-16(20(27)28)18(14)31-12-25/h1-6,9,12,17,22,24,29-30H,7-8,10-11H2,(H,23,26)(H,27,28)/t17-/m0/s1. The van der Waals surface area contributed by atoms with Gasteiger partial charge in [-0.25, -0.2) is 4.79 Å². The fourth-order valence-corrected chi connectivity index (χ4v) is 2.96. The number of aliphatic hydroxyl groups excluding tert-OH is 1. The zero-order valence-electron chi connectivity index (χ0n) is 16.5. The molecule has 6 N–H and O–H groups in total. The van der Waals surface area contributed by atoms with Crippen molar-refractivity contribution in [2.75, 3.05) is 13.2 Å². The second kappa shape index (κ2) is 11.8. The molecule has 11 heteroatoms. The van der Waals surface area contributed by atoms with Crippen LogP contribution in [0.1, 0.15) is 31.8 Å². The van der Waals surface area contributed by atoms with Crippen LogP contribution in [0.4, 0.5) is 0 Å². The highest BCUT2D eigenvalue weighted by atomic mass is 16.5. The first-order chi connectivity index (χ1) is 14.9. The lowest BCUT2D eigenvalue weighted by Crippen LogP contribution is -2.48. The van der Waals surface area contributed by atoms with Crippen molar-refractivity contribution in [1.82, 2.24) is 10.6 Å². The predicted octanol–water partition coefficient (Wildman–Crippen LogP) is -0.645. The third-order valence-electron chi connectivity index (χ3n) is 4.42. The minimum Gasteiger partial charge on any atom is -0.478 e. The highest BCUT2D eigenvalue weighted by Gasteiger charge is 2.28. The molecule has 2 aromatic rings. The number of ether oxygens (including phenoxy) is 1. The number of rotatable bonds is 12. The molecule has 0 aromatic heterocycles. The van der Waals surface area contributed by atoms with Crippen molar-refractivity contribution in [3.05, 3.63) is 64.7 Å². The van der Waals surface area contributed by atoms with E-state index in [4.69, 9.17) is 9.84 Å². The van der Waals surface area contributed by atoms with Gasteiger partial charge in [0, 0.05) is 18.7 Å². The Morgan fingerprint density at radius 2 is 1.90 bits per heavy atom. The van der Waals surface area contributed by atoms with Crippen LogP contribution in [0.5, 0.6) is 5.75 Å². The van der Waals surface area contributed by atoms with Crippen molar-refractivity contribution in [3.8, 4) is 5.75 Å². The van der Waals surface area contributed by atoms with Gasteiger partial charge in [-0.15, -0.1) is 0 Å². The first-order valence-corrected chi connectivity index (χ1v) is 9.40. The van der Waals surface area contributed by atoms with Gasteiger partial charge in [-0.3, -0.25) is 9.59 Å². The van der Waals surface area contributed by atoms with E-state index in [0.717, 1.165) is 5.56 Å². The number of carboxylic acids is 1. The van der Waals surface area contributed by atoms with Gasteiger partial charge in [0.15, 0.2) is 0 Å². The fourth-order valence-electron chi connectivity index (χ4n) is 2.96. The average molecular weight is 430 g/mol. The number of nitrogens with one attached hydrogen (secondary N) is 2. The molecule has 0 aliphatic carbocycles. The molecule has 2 aromatic carbocycles. The minimum atomic E-state index is -1.96. The Balaban J connectivity index is 2.20. The summed E-state index contributed by atoms with van der Waals surface area (Å²) in [6, 6.07) is 10.7. The molecule has 164 valence electrons. The van der Waals surface area contributed by atoms with E-state index in [2.05, 4.69) is 10.6 Å². The van der Waals surface area contributed by atoms with Gasteiger partial charge in [0.2, 0.25) is 0 Å². The van der Waals surface area contributed by atoms with Crippen molar-refractivity contribution in [1.29, 1.82) is 0 Å². The van der Waals surface area contributed by atoms with Crippen molar-refractivity contribution in [2.45, 2.75) is 18.9 Å². The van der Waals surface area contributed by atoms with Crippen LogP contribution in [0.25, 0.3) is 0 Å². The normalized spacial score (nSPS) is 11.5. The molecule has 0 bridgehead atoms. The Hall–Kier alpha value is -3.25. The summed E-state index contributed by atoms with van der Waals surface area (Å²) in [5, 5.41) is 43.1. The summed E-state index contributed by atoms with van der Waals surface area (Å²) in [7, 11) is -1.96. The van der Waals surface area contributed by atoms with Crippen LogP contribution in [0.15, 0.2) is 42.5 Å². The summed E-state index contributed by atoms with van der Waals surface area (Å²) in [5.74, 6) is -3.34. The highest BCUT2D eigenvalue weighted by molar-refractivity contribution is 6.43. The van der Waals surface area contributed by atoms with Gasteiger partial charge >= 0.3 is 13.1 Å². The minimum absolute atomic E-state index is 0.0187. The molecule has 0 saturated carbocycles. The number of aliphatic hydroxyl groups is 1. The van der Waals surface area contributed by atoms with Crippen molar-refractivity contribution >= 4 is 25.5 Å². The molecule has 0 radical (unpaired) electrons. The third-order valence-corrected chi connectivity index (χ3v) is 4.42. The van der Waals surface area contributed by atoms with E-state index in [0.29, 0.717) is 13.1 Å². The Bertz CT molecular complexity index is 922. The molecule has 0 heterocycles. The van der Waals surface area contributed by atoms with Crippen LogP contribution in [-0.2, 0) is 17.8 Å². The van der Waals surface area contributed by atoms with Crippen molar-refractivity contribution in [2.24, 2.45) is 0 Å². The second-order valence-electron chi connectivity index (χ2n) is 6.61. The van der Waals surface area contributed by atoms with Gasteiger partial charge in [0.25, 0.3) is 12.4 Å². The molecule has 31 heavy (non-hydrogen) atoms. The molecular weight excluding hydrogens is 407 g/mol. The largest absolute Gasteiger partial charge is 0.478 e. The number of benzene rings is 2. The van der Waals surface area contributed by atoms with Crippen LogP contribution >= 0.6 is 0 Å². The number of para-hydroxylation sites is 1. The number of carbonyl (C=O) groups excluding carboxylic acids is 2. The number of hydrogen-bond acceptors (Lipinski definition) is 8. The summed E-state index contributed by atoms with van der Waals surface area (Å²) < 4.78 is 4.80. The van der Waals surface area contributed by atoms with Gasteiger partial charge in [0.1, 0.15) is 11.3 Å². The number of carboxylic acid groups (broad SMARTS) is 1. The number of hydrogen-bond donors (Lipinski definition) is 6. The molecule has 0 spiro atoms. The Labute approximate surface area is 178 Å². The maximum absolute atomic E-state index is 12.6. The van der Waals surface area contributed by atoms with Crippen LogP contribution < -0.4 is 15.4 Å². The van der Waals surface area contributed by atoms with E-state index < -0.39 is 24.9 Å². The topological polar surface area (TPSA) is 165 Å². The van der Waals surface area contributed by atoms with Gasteiger partial charge in [0.05, 0.1) is 12.5 Å². The Morgan fingerprint density at radius 3 is 2.55 bits per heavy atom. The van der Waals surface area contributed by atoms with E-state index in [1.807, 2.05) is 0 Å². The SMILES string of the molecule is O=COc1c(C[C@H](NC(=O)c2cccc(CNCCO)c2)B(O)O)cccc1C(=O)O. The average Bonchev–Trinajstić information content (AvgIpc) is 2.74. The van der Waals surface area contributed by atoms with Gasteiger partial charge in [-0.1, -0.05) is 24.3 Å². The summed E-state index contributed by atoms with van der Waals surface area (Å²) >= 11 is 0. The summed E-state index contributed by atoms with van der Waals surface area (Å²) in [6.07, 6.45) is -0.203. The molecule has 10 nitrogen and oxygen atoms in total. The summed E-state index contributed by atoms with van der Waals surface area (Å²) in [4.78, 5) is 34.8. The highest BCUT2D eigenvalue weighted by Crippen LogP contribution is 2.25. The quantitative estimate of drug-likeness (QED) is 0.146. The molecule has 1 atom stereocenters. The Kier molecular flexibility index (Phi) is 9.16. The monoisotopic (exact) mass is 430 g/mol. The second-order valence-corrected chi connectivity index (χ2v) is 6.61. The lowest BCUT2D eigenvalue weighted by atomic mass is 9.75. The first-order valence-electron chi connectivity index (χ1n) is 9.40. The van der Waals surface area contributed by atoms with Crippen molar-refractivity contribution < 1.29 is 39.4 Å². The molecule has 0 unspecified atom stereocenters. The van der Waals surface area contributed by atoms with E-state index in [1.165, 1.54) is 18.2 Å². The molecule has 0 aliphatic heterocycles. The van der Waals surface area contributed by atoms with E-state index in [9.17, 15) is 29.5 Å². The summed E-state index contributed by atoms with van der Waals surface area (Å²) in [5.41, 5.74) is 0.994. The zero-order valence-corrected chi connectivity index (χ0v) is 16.5. The molecule has 1 amide bonds. The van der Waals surface area contributed by atoms with Crippen LogP contribution in [0.3, 0.4) is 0 Å². The predicted molar refractivity (Wildman–Crippen MR) is 110 cm³/mol. The molecule has 0 saturated heterocycles. The van der Waals surface area contributed by atoms with Crippen molar-refractivity contribution in [3.63, 3.8) is 0 Å². The maximum Gasteiger partial charge on any atom is 0.475 e. The van der Waals surface area contributed by atoms with Crippen LogP contribution in [0, 0.1) is 0 Å². The van der Waals surface area contributed by atoms with Gasteiger partial charge in [-0.05, 0) is 35.7 Å². The molecular formula is C20H23BN2O8. The number of carbonyl (C=O) groups is 3. The van der Waals surface area contributed by atoms with E-state index in [-0.39, 0.29) is 41.9 Å². The lowest BCUT2D eigenvalue weighted by Gasteiger charge is -2.20. The third kappa shape index (κ3) is 6.90. The zero-order chi connectivity index (χ0) is 22.8. The van der Waals surface area contributed by atoms with E-state index >= 15 is 0 Å². The molecule has 2 rings (SSSR count). The lowest BCUT2D eigenvalue weighted by molar-refractivity contribution is -0.120. The van der Waals surface area contributed by atoms with E-state index in [1.54, 1.807) is 24.3 Å². The van der Waals surface area contributed by atoms with Gasteiger partial charge < -0.3 is 35.6 Å². The molecule has 0 aliphatic rings. The number of aromatic carboxylic acids is 1. The first kappa shape index (κ1) is 24.0. The van der Waals surface area contributed by atoms with Crippen LogP contribution in [0.2, 0.25) is 0 Å². The maximum atomic E-state index is 12.6. The Morgan fingerprint density at radius 1 is 1.16 bits per heavy atom. The summed E-state index contributed by atoms with van der Waals surface area (Å²) in [6.45, 7) is 0.887. The van der Waals surface area contributed by atoms with Crippen LogP contribution in [-0.4, -0.2) is 64.8 Å². The molecule has 0 fully saturated rings. The fraction of sp³-hybridized carbons (Fsp3) is 0.250. The number of amides is 1. The van der Waals surface area contributed by atoms with Gasteiger partial charge in [-0.2, -0.15) is 0 Å².